The van der Waals surface area contributed by atoms with Gasteiger partial charge in [-0.3, -0.25) is 0 Å². The zero-order chi connectivity index (χ0) is 12.3. The summed E-state index contributed by atoms with van der Waals surface area (Å²) >= 11 is 5.85. The predicted molar refractivity (Wildman–Crippen MR) is 63.7 cm³/mol. The van der Waals surface area contributed by atoms with Crippen molar-refractivity contribution in [2.75, 3.05) is 6.54 Å². The average Bonchev–Trinajstić information content (AvgIpc) is 2.77. The van der Waals surface area contributed by atoms with Crippen molar-refractivity contribution in [2.45, 2.75) is 13.5 Å². The van der Waals surface area contributed by atoms with E-state index in [1.807, 2.05) is 6.92 Å². The molecule has 0 amide bonds. The number of hydrogen-bond donors (Lipinski definition) is 1. The van der Waals surface area contributed by atoms with E-state index in [2.05, 4.69) is 15.6 Å². The van der Waals surface area contributed by atoms with Crippen LogP contribution in [-0.2, 0) is 6.54 Å². The molecule has 0 spiro atoms. The van der Waals surface area contributed by atoms with E-state index in [-0.39, 0.29) is 5.82 Å². The Balaban J connectivity index is 2.38. The Hall–Kier alpha value is -1.46. The van der Waals surface area contributed by atoms with E-state index >= 15 is 0 Å². The first-order valence-electron chi connectivity index (χ1n) is 5.28. The molecule has 0 aliphatic heterocycles. The third-order valence-corrected chi connectivity index (χ3v) is 2.55. The van der Waals surface area contributed by atoms with Crippen molar-refractivity contribution in [3.8, 4) is 5.69 Å². The molecule has 17 heavy (non-hydrogen) atoms. The Morgan fingerprint density at radius 1 is 1.47 bits per heavy atom. The summed E-state index contributed by atoms with van der Waals surface area (Å²) in [5.74, 6) is -0.377. The van der Waals surface area contributed by atoms with Crippen molar-refractivity contribution in [1.82, 2.24) is 20.3 Å². The van der Waals surface area contributed by atoms with Gasteiger partial charge < -0.3 is 5.32 Å². The molecule has 6 heteroatoms. The van der Waals surface area contributed by atoms with Gasteiger partial charge in [-0.25, -0.2) is 9.07 Å². The van der Waals surface area contributed by atoms with Gasteiger partial charge in [0.25, 0.3) is 0 Å². The van der Waals surface area contributed by atoms with Crippen molar-refractivity contribution in [3.05, 3.63) is 40.9 Å². The number of hydrogen-bond acceptors (Lipinski definition) is 3. The normalized spacial score (nSPS) is 10.8. The minimum absolute atomic E-state index is 0.308. The Morgan fingerprint density at radius 2 is 2.29 bits per heavy atom. The molecular formula is C11H12ClFN4. The third-order valence-electron chi connectivity index (χ3n) is 2.31. The van der Waals surface area contributed by atoms with Crippen molar-refractivity contribution < 1.29 is 4.39 Å². The number of benzene rings is 1. The number of nitrogens with one attached hydrogen (secondary N) is 1. The monoisotopic (exact) mass is 254 g/mol. The van der Waals surface area contributed by atoms with Crippen LogP contribution in [0.3, 0.4) is 0 Å². The molecule has 0 saturated carbocycles. The summed E-state index contributed by atoms with van der Waals surface area (Å²) in [6.07, 6.45) is 1.60. The van der Waals surface area contributed by atoms with Crippen LogP contribution in [0.25, 0.3) is 5.69 Å². The standard InChI is InChI=1S/C11H12ClFN4/c1-2-14-6-9-7-15-16-17(9)11-5-8(12)3-4-10(11)13/h3-5,7,14H,2,6H2,1H3. The number of rotatable bonds is 4. The van der Waals surface area contributed by atoms with Gasteiger partial charge in [0.1, 0.15) is 11.5 Å². The van der Waals surface area contributed by atoms with Crippen molar-refractivity contribution >= 4 is 11.6 Å². The number of nitrogens with zero attached hydrogens (tertiary/aromatic N) is 3. The fourth-order valence-corrected chi connectivity index (χ4v) is 1.65. The topological polar surface area (TPSA) is 42.7 Å². The summed E-state index contributed by atoms with van der Waals surface area (Å²) in [6, 6.07) is 4.35. The quantitative estimate of drug-likeness (QED) is 0.909. The maximum absolute atomic E-state index is 13.7. The van der Waals surface area contributed by atoms with Crippen molar-refractivity contribution in [1.29, 1.82) is 0 Å². The predicted octanol–water partition coefficient (Wildman–Crippen LogP) is 2.17. The molecule has 0 aliphatic rings. The summed E-state index contributed by atoms with van der Waals surface area (Å²) in [5, 5.41) is 11.3. The number of halogens is 2. The van der Waals surface area contributed by atoms with Crippen LogP contribution in [0.15, 0.2) is 24.4 Å². The van der Waals surface area contributed by atoms with Crippen LogP contribution < -0.4 is 5.32 Å². The maximum atomic E-state index is 13.7. The Kier molecular flexibility index (Phi) is 3.71. The van der Waals surface area contributed by atoms with Gasteiger partial charge in [0.15, 0.2) is 0 Å². The highest BCUT2D eigenvalue weighted by atomic mass is 35.5. The van der Waals surface area contributed by atoms with Crippen LogP contribution >= 0.6 is 11.6 Å². The minimum Gasteiger partial charge on any atom is -0.311 e. The highest BCUT2D eigenvalue weighted by Gasteiger charge is 2.10. The van der Waals surface area contributed by atoms with E-state index in [0.717, 1.165) is 12.2 Å². The van der Waals surface area contributed by atoms with E-state index in [4.69, 9.17) is 11.6 Å². The first-order valence-corrected chi connectivity index (χ1v) is 5.66. The zero-order valence-corrected chi connectivity index (χ0v) is 10.1. The van der Waals surface area contributed by atoms with Gasteiger partial charge in [-0.2, -0.15) is 0 Å². The maximum Gasteiger partial charge on any atom is 0.149 e. The third kappa shape index (κ3) is 2.62. The smallest absolute Gasteiger partial charge is 0.149 e. The lowest BCUT2D eigenvalue weighted by atomic mass is 10.3. The molecule has 90 valence electrons. The van der Waals surface area contributed by atoms with E-state index < -0.39 is 0 Å². The fourth-order valence-electron chi connectivity index (χ4n) is 1.48. The molecule has 0 atom stereocenters. The molecule has 1 heterocycles. The highest BCUT2D eigenvalue weighted by Crippen LogP contribution is 2.19. The molecule has 2 rings (SSSR count). The average molecular weight is 255 g/mol. The van der Waals surface area contributed by atoms with Gasteiger partial charge in [0.2, 0.25) is 0 Å². The van der Waals surface area contributed by atoms with E-state index in [1.165, 1.54) is 22.9 Å². The molecule has 1 aromatic heterocycles. The van der Waals surface area contributed by atoms with E-state index in [1.54, 1.807) is 6.20 Å². The molecule has 2 aromatic rings. The fraction of sp³-hybridized carbons (Fsp3) is 0.273. The molecule has 0 radical (unpaired) electrons. The Morgan fingerprint density at radius 3 is 3.06 bits per heavy atom. The summed E-state index contributed by atoms with van der Waals surface area (Å²) < 4.78 is 15.1. The van der Waals surface area contributed by atoms with Crippen LogP contribution in [-0.4, -0.2) is 21.5 Å². The van der Waals surface area contributed by atoms with E-state index in [0.29, 0.717) is 17.3 Å². The molecule has 0 fully saturated rings. The molecule has 0 bridgehead atoms. The van der Waals surface area contributed by atoms with Crippen LogP contribution in [0.4, 0.5) is 4.39 Å². The second kappa shape index (κ2) is 5.25. The molecule has 1 N–H and O–H groups in total. The van der Waals surface area contributed by atoms with Crippen LogP contribution in [0.5, 0.6) is 0 Å². The molecule has 0 aliphatic carbocycles. The summed E-state index contributed by atoms with van der Waals surface area (Å²) in [5.41, 5.74) is 1.09. The first-order chi connectivity index (χ1) is 8.22. The van der Waals surface area contributed by atoms with Gasteiger partial charge in [0.05, 0.1) is 11.9 Å². The summed E-state index contributed by atoms with van der Waals surface area (Å²) in [6.45, 7) is 3.40. The summed E-state index contributed by atoms with van der Waals surface area (Å²) in [7, 11) is 0. The van der Waals surface area contributed by atoms with Gasteiger partial charge >= 0.3 is 0 Å². The minimum atomic E-state index is -0.377. The summed E-state index contributed by atoms with van der Waals surface area (Å²) in [4.78, 5) is 0. The second-order valence-corrected chi connectivity index (χ2v) is 3.95. The molecule has 0 unspecified atom stereocenters. The van der Waals surface area contributed by atoms with Gasteiger partial charge in [-0.1, -0.05) is 23.7 Å². The molecular weight excluding hydrogens is 243 g/mol. The highest BCUT2D eigenvalue weighted by molar-refractivity contribution is 6.30. The van der Waals surface area contributed by atoms with Crippen molar-refractivity contribution in [3.63, 3.8) is 0 Å². The Labute approximate surface area is 103 Å². The van der Waals surface area contributed by atoms with Gasteiger partial charge in [0, 0.05) is 11.6 Å². The van der Waals surface area contributed by atoms with Crippen LogP contribution in [0.1, 0.15) is 12.6 Å². The van der Waals surface area contributed by atoms with Gasteiger partial charge in [-0.15, -0.1) is 5.10 Å². The Bertz CT molecular complexity index is 512. The zero-order valence-electron chi connectivity index (χ0n) is 9.32. The lowest BCUT2D eigenvalue weighted by Gasteiger charge is -2.07. The molecule has 4 nitrogen and oxygen atoms in total. The molecule has 0 saturated heterocycles. The molecule has 1 aromatic carbocycles. The van der Waals surface area contributed by atoms with Crippen molar-refractivity contribution in [2.24, 2.45) is 0 Å². The number of aromatic nitrogens is 3. The largest absolute Gasteiger partial charge is 0.311 e. The van der Waals surface area contributed by atoms with Crippen LogP contribution in [0.2, 0.25) is 5.02 Å². The van der Waals surface area contributed by atoms with Gasteiger partial charge in [-0.05, 0) is 24.7 Å². The van der Waals surface area contributed by atoms with Crippen LogP contribution in [0, 0.1) is 5.82 Å². The van der Waals surface area contributed by atoms with E-state index in [9.17, 15) is 4.39 Å². The second-order valence-electron chi connectivity index (χ2n) is 3.51. The lowest BCUT2D eigenvalue weighted by Crippen LogP contribution is -2.15. The first kappa shape index (κ1) is 12.0. The lowest BCUT2D eigenvalue weighted by molar-refractivity contribution is 0.596. The SMILES string of the molecule is CCNCc1cnnn1-c1cc(Cl)ccc1F.